The number of fused-ring (bicyclic) bond motifs is 1. The van der Waals surface area contributed by atoms with Gasteiger partial charge in [-0.05, 0) is 25.0 Å². The number of thioether (sulfide) groups is 1. The minimum Gasteiger partial charge on any atom is -0.389 e. The average molecular weight is 267 g/mol. The van der Waals surface area contributed by atoms with E-state index in [1.807, 2.05) is 32.0 Å². The number of rotatable bonds is 5. The van der Waals surface area contributed by atoms with Crippen molar-refractivity contribution in [2.24, 2.45) is 0 Å². The first-order chi connectivity index (χ1) is 8.17. The first-order valence-electron chi connectivity index (χ1n) is 5.87. The summed E-state index contributed by atoms with van der Waals surface area (Å²) < 4.78 is 2.26. The smallest absolute Gasteiger partial charge is 0.151 e. The predicted octanol–water partition coefficient (Wildman–Crippen LogP) is 3.94. The molecule has 0 amide bonds. The number of nitrogens with zero attached hydrogens (tertiary/aromatic N) is 1. The van der Waals surface area contributed by atoms with E-state index in [-0.39, 0.29) is 0 Å². The first kappa shape index (κ1) is 12.9. The van der Waals surface area contributed by atoms with Gasteiger partial charge in [-0.2, -0.15) is 0 Å². The Hall–Kier alpha value is -0.580. The van der Waals surface area contributed by atoms with Crippen molar-refractivity contribution in [3.05, 3.63) is 24.3 Å². The highest BCUT2D eigenvalue weighted by Crippen LogP contribution is 2.32. The molecule has 92 valence electrons. The molecule has 0 saturated carbocycles. The van der Waals surface area contributed by atoms with Crippen molar-refractivity contribution >= 4 is 33.3 Å². The largest absolute Gasteiger partial charge is 0.389 e. The van der Waals surface area contributed by atoms with Gasteiger partial charge in [-0.3, -0.25) is 0 Å². The van der Waals surface area contributed by atoms with Crippen LogP contribution < -0.4 is 0 Å². The summed E-state index contributed by atoms with van der Waals surface area (Å²) in [5.74, 6) is 0.722. The molecule has 2 aromatic rings. The van der Waals surface area contributed by atoms with Crippen LogP contribution in [0.3, 0.4) is 0 Å². The van der Waals surface area contributed by atoms with Crippen LogP contribution in [0.4, 0.5) is 0 Å². The highest BCUT2D eigenvalue weighted by molar-refractivity contribution is 8.01. The fourth-order valence-corrected chi connectivity index (χ4v) is 3.91. The fraction of sp³-hybridized carbons (Fsp3) is 0.462. The monoisotopic (exact) mass is 267 g/mol. The molecule has 4 heteroatoms. The van der Waals surface area contributed by atoms with Crippen molar-refractivity contribution < 1.29 is 5.11 Å². The lowest BCUT2D eigenvalue weighted by Crippen LogP contribution is -2.29. The number of hydrogen-bond donors (Lipinski definition) is 1. The molecule has 1 aromatic carbocycles. The van der Waals surface area contributed by atoms with E-state index < -0.39 is 5.60 Å². The number of aromatic nitrogens is 1. The molecule has 17 heavy (non-hydrogen) atoms. The lowest BCUT2D eigenvalue weighted by Gasteiger charge is -2.23. The van der Waals surface area contributed by atoms with Crippen molar-refractivity contribution in [3.8, 4) is 0 Å². The van der Waals surface area contributed by atoms with Crippen LogP contribution >= 0.6 is 23.1 Å². The van der Waals surface area contributed by atoms with E-state index in [1.165, 1.54) is 4.70 Å². The van der Waals surface area contributed by atoms with Crippen LogP contribution in [0.1, 0.15) is 26.7 Å². The zero-order chi connectivity index (χ0) is 12.3. The molecule has 0 spiro atoms. The van der Waals surface area contributed by atoms with Gasteiger partial charge in [0.05, 0.1) is 15.8 Å². The lowest BCUT2D eigenvalue weighted by molar-refractivity contribution is 0.0572. The quantitative estimate of drug-likeness (QED) is 0.833. The van der Waals surface area contributed by atoms with Crippen molar-refractivity contribution in [3.63, 3.8) is 0 Å². The number of para-hydroxylation sites is 1. The van der Waals surface area contributed by atoms with Gasteiger partial charge in [-0.25, -0.2) is 4.98 Å². The predicted molar refractivity (Wildman–Crippen MR) is 75.9 cm³/mol. The van der Waals surface area contributed by atoms with E-state index >= 15 is 0 Å². The third-order valence-corrected chi connectivity index (χ3v) is 5.51. The van der Waals surface area contributed by atoms with Gasteiger partial charge in [0, 0.05) is 5.75 Å². The van der Waals surface area contributed by atoms with Crippen LogP contribution in [0.15, 0.2) is 28.6 Å². The van der Waals surface area contributed by atoms with Gasteiger partial charge in [0.2, 0.25) is 0 Å². The molecular formula is C13H17NOS2. The SMILES string of the molecule is CCC(O)(CC)CSc1nc2ccccc2s1. The molecule has 0 fully saturated rings. The van der Waals surface area contributed by atoms with Gasteiger partial charge in [-0.15, -0.1) is 11.3 Å². The van der Waals surface area contributed by atoms with E-state index in [4.69, 9.17) is 0 Å². The minimum atomic E-state index is -0.553. The summed E-state index contributed by atoms with van der Waals surface area (Å²) >= 11 is 3.36. The highest BCUT2D eigenvalue weighted by Gasteiger charge is 2.22. The number of benzene rings is 1. The molecular weight excluding hydrogens is 250 g/mol. The maximum atomic E-state index is 10.2. The minimum absolute atomic E-state index is 0.553. The molecule has 0 bridgehead atoms. The zero-order valence-electron chi connectivity index (χ0n) is 10.1. The van der Waals surface area contributed by atoms with Gasteiger partial charge < -0.3 is 5.11 Å². The molecule has 2 nitrogen and oxygen atoms in total. The van der Waals surface area contributed by atoms with Crippen LogP contribution in [0.5, 0.6) is 0 Å². The van der Waals surface area contributed by atoms with E-state index in [9.17, 15) is 5.11 Å². The Bertz CT molecular complexity index is 458. The molecule has 1 aromatic heterocycles. The second-order valence-corrected chi connectivity index (χ2v) is 6.42. The molecule has 0 radical (unpaired) electrons. The van der Waals surface area contributed by atoms with Crippen LogP contribution in [0.2, 0.25) is 0 Å². The van der Waals surface area contributed by atoms with Crippen LogP contribution in [-0.4, -0.2) is 21.4 Å². The van der Waals surface area contributed by atoms with E-state index in [1.54, 1.807) is 23.1 Å². The third kappa shape index (κ3) is 3.00. The zero-order valence-corrected chi connectivity index (χ0v) is 11.8. The van der Waals surface area contributed by atoms with Crippen molar-refractivity contribution in [1.82, 2.24) is 4.98 Å². The van der Waals surface area contributed by atoms with E-state index in [0.717, 1.165) is 28.5 Å². The summed E-state index contributed by atoms with van der Waals surface area (Å²) in [4.78, 5) is 4.55. The molecule has 0 unspecified atom stereocenters. The maximum Gasteiger partial charge on any atom is 0.151 e. The van der Waals surface area contributed by atoms with Gasteiger partial charge >= 0.3 is 0 Å². The number of aliphatic hydroxyl groups is 1. The second-order valence-electron chi connectivity index (χ2n) is 4.17. The Kier molecular flexibility index (Phi) is 4.07. The summed E-state index contributed by atoms with van der Waals surface area (Å²) in [6, 6.07) is 8.15. The van der Waals surface area contributed by atoms with Gasteiger partial charge in [-0.1, -0.05) is 37.7 Å². The summed E-state index contributed by atoms with van der Waals surface area (Å²) in [5, 5.41) is 10.2. The highest BCUT2D eigenvalue weighted by atomic mass is 32.2. The lowest BCUT2D eigenvalue weighted by atomic mass is 10.0. The summed E-state index contributed by atoms with van der Waals surface area (Å²) in [7, 11) is 0. The Labute approximate surface area is 110 Å². The van der Waals surface area contributed by atoms with Crippen molar-refractivity contribution in [2.45, 2.75) is 36.6 Å². The molecule has 0 aliphatic heterocycles. The fourth-order valence-electron chi connectivity index (χ4n) is 1.56. The molecule has 0 aliphatic rings. The average Bonchev–Trinajstić information content (AvgIpc) is 2.79. The summed E-state index contributed by atoms with van der Waals surface area (Å²) in [5.41, 5.74) is 0.499. The standard InChI is InChI=1S/C13H17NOS2/c1-3-13(15,4-2)9-16-12-14-10-7-5-6-8-11(10)17-12/h5-8,15H,3-4,9H2,1-2H3. The molecule has 1 N–H and O–H groups in total. The Balaban J connectivity index is 2.09. The second kappa shape index (κ2) is 5.38. The molecule has 0 saturated heterocycles. The Morgan fingerprint density at radius 2 is 2.00 bits per heavy atom. The molecule has 2 rings (SSSR count). The van der Waals surface area contributed by atoms with Crippen molar-refractivity contribution in [1.29, 1.82) is 0 Å². The van der Waals surface area contributed by atoms with Crippen LogP contribution in [-0.2, 0) is 0 Å². The van der Waals surface area contributed by atoms with Crippen molar-refractivity contribution in [2.75, 3.05) is 5.75 Å². The van der Waals surface area contributed by atoms with E-state index in [2.05, 4.69) is 11.1 Å². The van der Waals surface area contributed by atoms with Crippen LogP contribution in [0.25, 0.3) is 10.2 Å². The number of hydrogen-bond acceptors (Lipinski definition) is 4. The molecule has 0 aliphatic carbocycles. The maximum absolute atomic E-state index is 10.2. The van der Waals surface area contributed by atoms with Gasteiger partial charge in [0.1, 0.15) is 0 Å². The number of thiazole rings is 1. The summed E-state index contributed by atoms with van der Waals surface area (Å²) in [6.45, 7) is 4.06. The summed E-state index contributed by atoms with van der Waals surface area (Å²) in [6.07, 6.45) is 1.59. The third-order valence-electron chi connectivity index (χ3n) is 3.05. The normalized spacial score (nSPS) is 12.2. The first-order valence-corrected chi connectivity index (χ1v) is 7.68. The van der Waals surface area contributed by atoms with E-state index in [0.29, 0.717) is 0 Å². The molecule has 1 heterocycles. The van der Waals surface area contributed by atoms with Gasteiger partial charge in [0.25, 0.3) is 0 Å². The topological polar surface area (TPSA) is 33.1 Å². The van der Waals surface area contributed by atoms with Gasteiger partial charge in [0.15, 0.2) is 4.34 Å². The van der Waals surface area contributed by atoms with Crippen LogP contribution in [0, 0.1) is 0 Å². The Morgan fingerprint density at radius 1 is 1.29 bits per heavy atom. The molecule has 0 atom stereocenters. The Morgan fingerprint density at radius 3 is 2.65 bits per heavy atom.